The normalized spacial score (nSPS) is 12.3. The minimum Gasteiger partial charge on any atom is -0.362 e. The highest BCUT2D eigenvalue weighted by Crippen LogP contribution is 2.34. The first-order valence-electron chi connectivity index (χ1n) is 10.6. The maximum absolute atomic E-state index is 13.3. The fraction of sp³-hybridized carbons (Fsp3) is 0.304. The van der Waals surface area contributed by atoms with Crippen molar-refractivity contribution >= 4 is 19.5 Å². The molecule has 0 fully saturated rings. The number of ether oxygens (including phenoxy) is 1. The zero-order chi connectivity index (χ0) is 24.5. The van der Waals surface area contributed by atoms with Gasteiger partial charge in [0.15, 0.2) is 0 Å². The first-order valence-corrected chi connectivity index (χ1v) is 14.3. The molecule has 0 saturated carbocycles. The first-order chi connectivity index (χ1) is 16.0. The van der Waals surface area contributed by atoms with E-state index in [0.717, 1.165) is 12.1 Å². The first kappa shape index (κ1) is 23.7. The molecule has 0 aliphatic carbocycles. The van der Waals surface area contributed by atoms with Gasteiger partial charge in [0.1, 0.15) is 18.1 Å². The Kier molecular flexibility index (Phi) is 6.29. The van der Waals surface area contributed by atoms with Crippen molar-refractivity contribution < 1.29 is 17.9 Å². The van der Waals surface area contributed by atoms with E-state index in [-0.39, 0.29) is 12.4 Å². The molecule has 0 radical (unpaired) electrons. The molecule has 7 nitrogen and oxygen atoms in total. The Balaban J connectivity index is 1.75. The number of imidazole rings is 1. The summed E-state index contributed by atoms with van der Waals surface area (Å²) >= 11 is 0. The van der Waals surface area contributed by atoms with Crippen LogP contribution in [0.15, 0.2) is 48.9 Å². The predicted molar refractivity (Wildman–Crippen MR) is 125 cm³/mol. The van der Waals surface area contributed by atoms with Crippen LogP contribution in [0.2, 0.25) is 25.7 Å². The number of hydrogen-bond acceptors (Lipinski definition) is 4. The Bertz CT molecular complexity index is 1360. The van der Waals surface area contributed by atoms with Crippen molar-refractivity contribution in [3.63, 3.8) is 0 Å². The number of alkyl halides is 3. The Morgan fingerprint density at radius 1 is 1.12 bits per heavy atom. The summed E-state index contributed by atoms with van der Waals surface area (Å²) in [5.74, 6) is 0.331. The molecule has 0 bridgehead atoms. The van der Waals surface area contributed by atoms with Crippen molar-refractivity contribution in [2.24, 2.45) is 0 Å². The fourth-order valence-corrected chi connectivity index (χ4v) is 4.12. The molecule has 4 aromatic heterocycles. The van der Waals surface area contributed by atoms with Crippen molar-refractivity contribution in [2.45, 2.75) is 38.6 Å². The minimum atomic E-state index is -4.57. The van der Waals surface area contributed by atoms with Gasteiger partial charge in [-0.1, -0.05) is 32.3 Å². The second-order valence-electron chi connectivity index (χ2n) is 9.06. The Morgan fingerprint density at radius 3 is 2.62 bits per heavy atom. The van der Waals surface area contributed by atoms with Crippen LogP contribution in [0, 0.1) is 6.57 Å². The lowest BCUT2D eigenvalue weighted by molar-refractivity contribution is -0.141. The number of pyridine rings is 2. The maximum atomic E-state index is 13.3. The highest BCUT2D eigenvalue weighted by molar-refractivity contribution is 6.76. The molecule has 176 valence electrons. The topological polar surface area (TPSA) is 61.6 Å². The summed E-state index contributed by atoms with van der Waals surface area (Å²) < 4.78 is 48.9. The van der Waals surface area contributed by atoms with E-state index in [1.807, 2.05) is 0 Å². The summed E-state index contributed by atoms with van der Waals surface area (Å²) in [7, 11) is -1.26. The summed E-state index contributed by atoms with van der Waals surface area (Å²) in [5.41, 5.74) is 1.24. The number of aromatic nitrogens is 5. The van der Waals surface area contributed by atoms with Crippen LogP contribution in [0.5, 0.6) is 0 Å². The molecule has 34 heavy (non-hydrogen) atoms. The zero-order valence-electron chi connectivity index (χ0n) is 19.0. The van der Waals surface area contributed by atoms with Crippen molar-refractivity contribution in [1.29, 1.82) is 0 Å². The van der Waals surface area contributed by atoms with Crippen molar-refractivity contribution in [2.75, 3.05) is 6.61 Å². The molecular weight excluding hydrogens is 461 g/mol. The SMILES string of the molecule is [C-]#[N+]c1cnc2ccc(-c3cn(COCC[Si](C)(C)C)nc3-c3cccc(C(F)(F)F)n3)cn12. The highest BCUT2D eigenvalue weighted by atomic mass is 28.3. The lowest BCUT2D eigenvalue weighted by atomic mass is 10.1. The molecule has 0 aromatic carbocycles. The summed E-state index contributed by atoms with van der Waals surface area (Å²) in [6.07, 6.45) is 0.345. The largest absolute Gasteiger partial charge is 0.433 e. The van der Waals surface area contributed by atoms with E-state index >= 15 is 0 Å². The maximum Gasteiger partial charge on any atom is 0.433 e. The lowest BCUT2D eigenvalue weighted by Gasteiger charge is -2.15. The summed E-state index contributed by atoms with van der Waals surface area (Å²) in [6, 6.07) is 8.27. The molecule has 0 spiro atoms. The van der Waals surface area contributed by atoms with Gasteiger partial charge in [0.25, 0.3) is 5.82 Å². The van der Waals surface area contributed by atoms with E-state index in [0.29, 0.717) is 34.9 Å². The molecule has 0 N–H and O–H groups in total. The molecule has 4 heterocycles. The molecule has 11 heteroatoms. The quantitative estimate of drug-likeness (QED) is 0.180. The number of halogens is 3. The van der Waals surface area contributed by atoms with Crippen LogP contribution < -0.4 is 0 Å². The number of fused-ring (bicyclic) bond motifs is 1. The third-order valence-electron chi connectivity index (χ3n) is 5.18. The van der Waals surface area contributed by atoms with E-state index in [1.165, 1.54) is 18.3 Å². The van der Waals surface area contributed by atoms with Gasteiger partial charge < -0.3 is 9.58 Å². The van der Waals surface area contributed by atoms with E-state index in [9.17, 15) is 13.2 Å². The van der Waals surface area contributed by atoms with E-state index in [2.05, 4.69) is 39.6 Å². The molecule has 0 atom stereocenters. The Morgan fingerprint density at radius 2 is 1.91 bits per heavy atom. The predicted octanol–water partition coefficient (Wildman–Crippen LogP) is 6.14. The summed E-state index contributed by atoms with van der Waals surface area (Å²) in [6.45, 7) is 14.8. The van der Waals surface area contributed by atoms with Gasteiger partial charge in [-0.25, -0.2) is 19.1 Å². The van der Waals surface area contributed by atoms with Gasteiger partial charge in [0.2, 0.25) is 5.65 Å². The van der Waals surface area contributed by atoms with Crippen LogP contribution >= 0.6 is 0 Å². The average molecular weight is 485 g/mol. The lowest BCUT2D eigenvalue weighted by Crippen LogP contribution is -2.22. The third kappa shape index (κ3) is 5.18. The fourth-order valence-electron chi connectivity index (χ4n) is 3.36. The number of hydrogen-bond donors (Lipinski definition) is 0. The molecule has 4 rings (SSSR count). The second-order valence-corrected chi connectivity index (χ2v) is 14.7. The van der Waals surface area contributed by atoms with Crippen LogP contribution in [0.25, 0.3) is 33.0 Å². The van der Waals surface area contributed by atoms with Crippen molar-refractivity contribution in [3.8, 4) is 22.5 Å². The smallest absolute Gasteiger partial charge is 0.362 e. The zero-order valence-corrected chi connectivity index (χ0v) is 20.0. The molecule has 0 unspecified atom stereocenters. The van der Waals surface area contributed by atoms with E-state index in [1.54, 1.807) is 33.6 Å². The third-order valence-corrected chi connectivity index (χ3v) is 6.88. The number of rotatable bonds is 7. The molecule has 0 aliphatic rings. The molecule has 0 aliphatic heterocycles. The van der Waals surface area contributed by atoms with Gasteiger partial charge in [-0.2, -0.15) is 18.3 Å². The van der Waals surface area contributed by atoms with Gasteiger partial charge in [-0.15, -0.1) is 0 Å². The molecule has 4 aromatic rings. The van der Waals surface area contributed by atoms with Gasteiger partial charge in [-0.05, 0) is 24.2 Å². The van der Waals surface area contributed by atoms with Crippen LogP contribution in [0.4, 0.5) is 19.0 Å². The van der Waals surface area contributed by atoms with Gasteiger partial charge in [-0.3, -0.25) is 0 Å². The van der Waals surface area contributed by atoms with E-state index in [4.69, 9.17) is 11.3 Å². The Hall–Kier alpha value is -3.49. The molecule has 0 saturated heterocycles. The van der Waals surface area contributed by atoms with E-state index < -0.39 is 19.9 Å². The van der Waals surface area contributed by atoms with Crippen molar-refractivity contribution in [1.82, 2.24) is 24.1 Å². The molecule has 0 amide bonds. The molecular formula is C23H23F3N6OSi. The van der Waals surface area contributed by atoms with Crippen molar-refractivity contribution in [3.05, 3.63) is 66.0 Å². The standard InChI is InChI=1S/C23H23F3N6OSi/c1-27-21-12-28-20-9-8-16(13-32(20)21)17-14-31(15-33-10-11-34(2,3)4)30-22(17)18-6-5-7-19(29-18)23(24,25)26/h5-9,12-14H,10-11,15H2,2-4H3. The van der Waals surface area contributed by atoms with Gasteiger partial charge >= 0.3 is 6.18 Å². The number of nitrogens with zero attached hydrogens (tertiary/aromatic N) is 6. The van der Waals surface area contributed by atoms with Crippen LogP contribution in [0.1, 0.15) is 5.69 Å². The highest BCUT2D eigenvalue weighted by Gasteiger charge is 2.33. The van der Waals surface area contributed by atoms with Gasteiger partial charge in [0.05, 0.1) is 18.1 Å². The second kappa shape index (κ2) is 9.04. The summed E-state index contributed by atoms with van der Waals surface area (Å²) in [5, 5.41) is 4.51. The summed E-state index contributed by atoms with van der Waals surface area (Å²) in [4.78, 5) is 11.5. The van der Waals surface area contributed by atoms with Crippen LogP contribution in [0.3, 0.4) is 0 Å². The average Bonchev–Trinajstić information content (AvgIpc) is 3.39. The van der Waals surface area contributed by atoms with Crippen LogP contribution in [-0.4, -0.2) is 38.8 Å². The van der Waals surface area contributed by atoms with Gasteiger partial charge in [0, 0.05) is 38.1 Å². The van der Waals surface area contributed by atoms with Crippen LogP contribution in [-0.2, 0) is 17.6 Å². The Labute approximate surface area is 195 Å². The minimum absolute atomic E-state index is 0.0989. The monoisotopic (exact) mass is 484 g/mol.